The van der Waals surface area contributed by atoms with Gasteiger partial charge in [-0.1, -0.05) is 6.92 Å². The smallest absolute Gasteiger partial charge is 0.142 e. The van der Waals surface area contributed by atoms with Gasteiger partial charge in [-0.25, -0.2) is 4.98 Å². The summed E-state index contributed by atoms with van der Waals surface area (Å²) in [6.07, 6.45) is 3.02. The van der Waals surface area contributed by atoms with E-state index in [1.54, 1.807) is 11.3 Å². The van der Waals surface area contributed by atoms with E-state index in [1.165, 1.54) is 12.8 Å². The summed E-state index contributed by atoms with van der Waals surface area (Å²) in [5.74, 6) is 1.28. The second kappa shape index (κ2) is 3.81. The third-order valence-electron chi connectivity index (χ3n) is 2.83. The van der Waals surface area contributed by atoms with Crippen LogP contribution in [0.1, 0.15) is 30.5 Å². The van der Waals surface area contributed by atoms with E-state index in [4.69, 9.17) is 0 Å². The molecule has 0 bridgehead atoms. The highest BCUT2D eigenvalue weighted by Gasteiger charge is 2.32. The molecule has 1 saturated carbocycles. The van der Waals surface area contributed by atoms with Crippen LogP contribution in [0.2, 0.25) is 0 Å². The first kappa shape index (κ1) is 9.84. The summed E-state index contributed by atoms with van der Waals surface area (Å²) in [7, 11) is 0. The van der Waals surface area contributed by atoms with Gasteiger partial charge < -0.3 is 0 Å². The van der Waals surface area contributed by atoms with Crippen molar-refractivity contribution in [1.29, 1.82) is 0 Å². The SMILES string of the molecule is Cc1csc(CC(=O)C(C)C2CC2)n1. The predicted molar refractivity (Wildman–Crippen MR) is 57.5 cm³/mol. The first-order valence-corrected chi connectivity index (χ1v) is 5.98. The highest BCUT2D eigenvalue weighted by molar-refractivity contribution is 7.09. The fourth-order valence-electron chi connectivity index (χ4n) is 1.65. The van der Waals surface area contributed by atoms with Gasteiger partial charge in [0.05, 0.1) is 6.42 Å². The number of aryl methyl sites for hydroxylation is 1. The Hall–Kier alpha value is -0.700. The maximum Gasteiger partial charge on any atom is 0.142 e. The molecule has 0 saturated heterocycles. The summed E-state index contributed by atoms with van der Waals surface area (Å²) in [5, 5.41) is 2.98. The molecule has 1 aromatic rings. The second-order valence-corrected chi connectivity index (χ2v) is 5.09. The molecule has 0 amide bonds. The van der Waals surface area contributed by atoms with Gasteiger partial charge in [0.1, 0.15) is 10.8 Å². The molecule has 0 aromatic carbocycles. The van der Waals surface area contributed by atoms with E-state index in [0.29, 0.717) is 18.1 Å². The van der Waals surface area contributed by atoms with Gasteiger partial charge in [-0.3, -0.25) is 4.79 Å². The summed E-state index contributed by atoms with van der Waals surface area (Å²) in [6, 6.07) is 0. The fraction of sp³-hybridized carbons (Fsp3) is 0.636. The molecule has 1 aromatic heterocycles. The zero-order chi connectivity index (χ0) is 10.1. The van der Waals surface area contributed by atoms with Gasteiger partial charge in [0.2, 0.25) is 0 Å². The van der Waals surface area contributed by atoms with Crippen LogP contribution in [0.15, 0.2) is 5.38 Å². The van der Waals surface area contributed by atoms with E-state index in [9.17, 15) is 4.79 Å². The van der Waals surface area contributed by atoms with Crippen molar-refractivity contribution in [1.82, 2.24) is 4.98 Å². The molecule has 2 rings (SSSR count). The number of rotatable bonds is 4. The Bertz CT molecular complexity index is 341. The van der Waals surface area contributed by atoms with Crippen LogP contribution in [0.4, 0.5) is 0 Å². The van der Waals surface area contributed by atoms with Crippen molar-refractivity contribution in [2.75, 3.05) is 0 Å². The molecule has 1 aliphatic rings. The highest BCUT2D eigenvalue weighted by Crippen LogP contribution is 2.37. The van der Waals surface area contributed by atoms with Gasteiger partial charge in [0.25, 0.3) is 0 Å². The van der Waals surface area contributed by atoms with Crippen molar-refractivity contribution in [3.05, 3.63) is 16.1 Å². The number of Topliss-reactive ketones (excluding diaryl/α,β-unsaturated/α-hetero) is 1. The number of aromatic nitrogens is 1. The monoisotopic (exact) mass is 209 g/mol. The Balaban J connectivity index is 1.93. The normalized spacial score (nSPS) is 18.1. The Morgan fingerprint density at radius 2 is 2.43 bits per heavy atom. The summed E-state index contributed by atoms with van der Waals surface area (Å²) < 4.78 is 0. The number of nitrogens with zero attached hydrogens (tertiary/aromatic N) is 1. The number of thiazole rings is 1. The Labute approximate surface area is 88.4 Å². The number of hydrogen-bond acceptors (Lipinski definition) is 3. The summed E-state index contributed by atoms with van der Waals surface area (Å²) in [5.41, 5.74) is 1.02. The molecule has 14 heavy (non-hydrogen) atoms. The first-order chi connectivity index (χ1) is 6.66. The van der Waals surface area contributed by atoms with Crippen LogP contribution in [0.3, 0.4) is 0 Å². The van der Waals surface area contributed by atoms with Gasteiger partial charge in [-0.15, -0.1) is 11.3 Å². The molecule has 76 valence electrons. The predicted octanol–water partition coefficient (Wildman–Crippen LogP) is 2.61. The number of carbonyl (C=O) groups excluding carboxylic acids is 1. The van der Waals surface area contributed by atoms with Crippen LogP contribution in [0.25, 0.3) is 0 Å². The molecule has 1 aliphatic carbocycles. The molecule has 0 N–H and O–H groups in total. The quantitative estimate of drug-likeness (QED) is 0.763. The molecule has 3 heteroatoms. The first-order valence-electron chi connectivity index (χ1n) is 5.10. The van der Waals surface area contributed by atoms with E-state index >= 15 is 0 Å². The Morgan fingerprint density at radius 3 is 2.93 bits per heavy atom. The molecule has 0 spiro atoms. The maximum absolute atomic E-state index is 11.8. The number of carbonyl (C=O) groups is 1. The average molecular weight is 209 g/mol. The van der Waals surface area contributed by atoms with Crippen molar-refractivity contribution in [2.24, 2.45) is 11.8 Å². The second-order valence-electron chi connectivity index (χ2n) is 4.15. The van der Waals surface area contributed by atoms with Crippen molar-refractivity contribution in [2.45, 2.75) is 33.1 Å². The van der Waals surface area contributed by atoms with Crippen LogP contribution in [0, 0.1) is 18.8 Å². The fourth-order valence-corrected chi connectivity index (χ4v) is 2.43. The zero-order valence-electron chi connectivity index (χ0n) is 8.62. The topological polar surface area (TPSA) is 30.0 Å². The van der Waals surface area contributed by atoms with Crippen LogP contribution in [-0.4, -0.2) is 10.8 Å². The number of hydrogen-bond donors (Lipinski definition) is 0. The van der Waals surface area contributed by atoms with Crippen molar-refractivity contribution in [3.8, 4) is 0 Å². The molecule has 0 radical (unpaired) electrons. The van der Waals surface area contributed by atoms with Crippen molar-refractivity contribution >= 4 is 17.1 Å². The maximum atomic E-state index is 11.8. The lowest BCUT2D eigenvalue weighted by atomic mass is 9.99. The van der Waals surface area contributed by atoms with E-state index in [1.807, 2.05) is 12.3 Å². The van der Waals surface area contributed by atoms with Gasteiger partial charge >= 0.3 is 0 Å². The largest absolute Gasteiger partial charge is 0.299 e. The molecule has 1 fully saturated rings. The standard InChI is InChI=1S/C11H15NOS/c1-7-6-14-11(12-7)5-10(13)8(2)9-3-4-9/h6,8-9H,3-5H2,1-2H3. The number of ketones is 1. The van der Waals surface area contributed by atoms with Crippen LogP contribution in [-0.2, 0) is 11.2 Å². The molecule has 1 atom stereocenters. The Kier molecular flexibility index (Phi) is 2.68. The van der Waals surface area contributed by atoms with E-state index < -0.39 is 0 Å². The third kappa shape index (κ3) is 2.21. The van der Waals surface area contributed by atoms with Crippen LogP contribution in [0.5, 0.6) is 0 Å². The molecular formula is C11H15NOS. The lowest BCUT2D eigenvalue weighted by molar-refractivity contribution is -0.122. The van der Waals surface area contributed by atoms with Gasteiger partial charge in [-0.05, 0) is 25.7 Å². The minimum absolute atomic E-state index is 0.249. The molecule has 2 nitrogen and oxygen atoms in total. The molecule has 1 unspecified atom stereocenters. The van der Waals surface area contributed by atoms with E-state index in [0.717, 1.165) is 10.7 Å². The van der Waals surface area contributed by atoms with Crippen LogP contribution >= 0.6 is 11.3 Å². The Morgan fingerprint density at radius 1 is 1.71 bits per heavy atom. The third-order valence-corrected chi connectivity index (χ3v) is 3.80. The van der Waals surface area contributed by atoms with E-state index in [2.05, 4.69) is 11.9 Å². The van der Waals surface area contributed by atoms with Gasteiger partial charge in [0.15, 0.2) is 0 Å². The highest BCUT2D eigenvalue weighted by atomic mass is 32.1. The van der Waals surface area contributed by atoms with Gasteiger partial charge in [-0.2, -0.15) is 0 Å². The molecule has 0 aliphatic heterocycles. The van der Waals surface area contributed by atoms with E-state index in [-0.39, 0.29) is 5.92 Å². The zero-order valence-corrected chi connectivity index (χ0v) is 9.43. The summed E-state index contributed by atoms with van der Waals surface area (Å²) in [4.78, 5) is 16.1. The van der Waals surface area contributed by atoms with Crippen LogP contribution < -0.4 is 0 Å². The minimum Gasteiger partial charge on any atom is -0.299 e. The van der Waals surface area contributed by atoms with Crippen molar-refractivity contribution in [3.63, 3.8) is 0 Å². The molecular weight excluding hydrogens is 194 g/mol. The lowest BCUT2D eigenvalue weighted by Gasteiger charge is -2.06. The summed E-state index contributed by atoms with van der Waals surface area (Å²) >= 11 is 1.60. The average Bonchev–Trinajstić information content (AvgIpc) is 2.91. The van der Waals surface area contributed by atoms with Gasteiger partial charge in [0, 0.05) is 17.0 Å². The lowest BCUT2D eigenvalue weighted by Crippen LogP contribution is -2.15. The summed E-state index contributed by atoms with van der Waals surface area (Å²) in [6.45, 7) is 4.02. The van der Waals surface area contributed by atoms with Crippen molar-refractivity contribution < 1.29 is 4.79 Å². The molecule has 1 heterocycles. The minimum atomic E-state index is 0.249.